The highest BCUT2D eigenvalue weighted by Gasteiger charge is 2.07. The average molecular weight is 251 g/mol. The summed E-state index contributed by atoms with van der Waals surface area (Å²) in [7, 11) is 0. The molecule has 0 unspecified atom stereocenters. The normalized spacial score (nSPS) is 11.2. The van der Waals surface area contributed by atoms with Crippen molar-refractivity contribution in [1.29, 1.82) is 0 Å². The molecule has 0 amide bonds. The molecule has 0 bridgehead atoms. The molecule has 2 N–H and O–H groups in total. The third kappa shape index (κ3) is 3.13. The van der Waals surface area contributed by atoms with Crippen LogP contribution in [0.1, 0.15) is 19.7 Å². The van der Waals surface area contributed by atoms with Gasteiger partial charge >= 0.3 is 0 Å². The monoisotopic (exact) mass is 251 g/mol. The number of halogens is 2. The van der Waals surface area contributed by atoms with E-state index in [1.165, 1.54) is 12.1 Å². The highest BCUT2D eigenvalue weighted by Crippen LogP contribution is 2.19. The maximum absolute atomic E-state index is 13.1. The van der Waals surface area contributed by atoms with Gasteiger partial charge in [0.15, 0.2) is 0 Å². The van der Waals surface area contributed by atoms with Crippen LogP contribution in [-0.4, -0.2) is 16.0 Å². The summed E-state index contributed by atoms with van der Waals surface area (Å²) in [5, 5.41) is 3.21. The minimum absolute atomic E-state index is 0.352. The quantitative estimate of drug-likeness (QED) is 0.877. The first-order valence-electron chi connectivity index (χ1n) is 5.78. The zero-order valence-electron chi connectivity index (χ0n) is 10.3. The molecule has 0 atom stereocenters. The Hall–Kier alpha value is -1.75. The summed E-state index contributed by atoms with van der Waals surface area (Å²) in [5.74, 6) is -0.453. The molecule has 0 aliphatic rings. The third-order valence-corrected chi connectivity index (χ3v) is 2.48. The van der Waals surface area contributed by atoms with E-state index in [1.54, 1.807) is 6.20 Å². The predicted molar refractivity (Wildman–Crippen MR) is 65.9 cm³/mol. The summed E-state index contributed by atoms with van der Waals surface area (Å²) in [6, 6.07) is 3.75. The smallest absolute Gasteiger partial charge is 0.126 e. The van der Waals surface area contributed by atoms with Gasteiger partial charge in [0.05, 0.1) is 18.4 Å². The molecule has 2 rings (SSSR count). The Bertz CT molecular complexity index is 515. The zero-order valence-corrected chi connectivity index (χ0v) is 10.3. The number of hydrogen-bond acceptors (Lipinski definition) is 2. The lowest BCUT2D eigenvalue weighted by Crippen LogP contribution is -2.22. The molecule has 0 aliphatic carbocycles. The van der Waals surface area contributed by atoms with Crippen molar-refractivity contribution >= 4 is 0 Å². The Labute approximate surface area is 104 Å². The van der Waals surface area contributed by atoms with Crippen molar-refractivity contribution in [2.75, 3.05) is 0 Å². The number of rotatable bonds is 4. The van der Waals surface area contributed by atoms with Crippen LogP contribution >= 0.6 is 0 Å². The minimum atomic E-state index is -0.596. The van der Waals surface area contributed by atoms with Crippen LogP contribution < -0.4 is 5.32 Å². The maximum atomic E-state index is 13.1. The van der Waals surface area contributed by atoms with Crippen LogP contribution in [0, 0.1) is 11.6 Å². The lowest BCUT2D eigenvalue weighted by atomic mass is 10.1. The molecule has 1 heterocycles. The second-order valence-electron chi connectivity index (χ2n) is 4.44. The van der Waals surface area contributed by atoms with Crippen LogP contribution in [0.4, 0.5) is 8.78 Å². The van der Waals surface area contributed by atoms with Gasteiger partial charge in [-0.25, -0.2) is 13.8 Å². The maximum Gasteiger partial charge on any atom is 0.126 e. The molecule has 18 heavy (non-hydrogen) atoms. The minimum Gasteiger partial charge on any atom is -0.341 e. The van der Waals surface area contributed by atoms with Gasteiger partial charge < -0.3 is 10.3 Å². The van der Waals surface area contributed by atoms with Gasteiger partial charge in [0.25, 0.3) is 0 Å². The summed E-state index contributed by atoms with van der Waals surface area (Å²) in [5.41, 5.74) is 1.06. The summed E-state index contributed by atoms with van der Waals surface area (Å²) >= 11 is 0. The molecule has 1 aromatic carbocycles. The molecule has 0 saturated heterocycles. The molecule has 0 spiro atoms. The summed E-state index contributed by atoms with van der Waals surface area (Å²) < 4.78 is 26.2. The van der Waals surface area contributed by atoms with Crippen LogP contribution in [0.5, 0.6) is 0 Å². The zero-order chi connectivity index (χ0) is 13.1. The molecule has 0 aliphatic heterocycles. The fraction of sp³-hybridized carbons (Fsp3) is 0.308. The number of hydrogen-bond donors (Lipinski definition) is 2. The molecular weight excluding hydrogens is 236 g/mol. The van der Waals surface area contributed by atoms with Gasteiger partial charge in [-0.2, -0.15) is 0 Å². The van der Waals surface area contributed by atoms with Crippen LogP contribution in [0.2, 0.25) is 0 Å². The van der Waals surface area contributed by atoms with Crippen LogP contribution in [0.3, 0.4) is 0 Å². The summed E-state index contributed by atoms with van der Waals surface area (Å²) in [4.78, 5) is 7.19. The Morgan fingerprint density at radius 1 is 1.22 bits per heavy atom. The van der Waals surface area contributed by atoms with Crippen LogP contribution in [0.25, 0.3) is 11.3 Å². The van der Waals surface area contributed by atoms with Gasteiger partial charge in [0.1, 0.15) is 17.5 Å². The lowest BCUT2D eigenvalue weighted by Gasteiger charge is -2.05. The third-order valence-electron chi connectivity index (χ3n) is 2.48. The average Bonchev–Trinajstić information content (AvgIpc) is 2.73. The molecule has 0 radical (unpaired) electrons. The first kappa shape index (κ1) is 12.7. The van der Waals surface area contributed by atoms with Crippen molar-refractivity contribution in [3.05, 3.63) is 41.9 Å². The van der Waals surface area contributed by atoms with Gasteiger partial charge in [0.2, 0.25) is 0 Å². The van der Waals surface area contributed by atoms with Crippen LogP contribution in [-0.2, 0) is 6.54 Å². The highest BCUT2D eigenvalue weighted by molar-refractivity contribution is 5.58. The first-order valence-corrected chi connectivity index (χ1v) is 5.78. The number of imidazole rings is 1. The topological polar surface area (TPSA) is 40.7 Å². The molecule has 1 aromatic heterocycles. The lowest BCUT2D eigenvalue weighted by molar-refractivity contribution is 0.575. The fourth-order valence-corrected chi connectivity index (χ4v) is 1.61. The van der Waals surface area contributed by atoms with E-state index in [1.807, 2.05) is 13.8 Å². The van der Waals surface area contributed by atoms with Crippen molar-refractivity contribution in [2.45, 2.75) is 26.4 Å². The fourth-order valence-electron chi connectivity index (χ4n) is 1.61. The number of benzene rings is 1. The first-order chi connectivity index (χ1) is 8.54. The van der Waals surface area contributed by atoms with E-state index in [-0.39, 0.29) is 0 Å². The number of nitrogens with one attached hydrogen (secondary N) is 2. The van der Waals surface area contributed by atoms with E-state index < -0.39 is 11.6 Å². The number of aromatic amines is 1. The van der Waals surface area contributed by atoms with Crippen molar-refractivity contribution in [2.24, 2.45) is 0 Å². The number of aromatic nitrogens is 2. The molecule has 2 aromatic rings. The Morgan fingerprint density at radius 2 is 1.89 bits per heavy atom. The SMILES string of the molecule is CC(C)NCc1ncc(-c2cc(F)cc(F)c2)[nH]1. The molecular formula is C13H15F2N3. The molecule has 0 fully saturated rings. The van der Waals surface area contributed by atoms with Crippen molar-refractivity contribution in [3.63, 3.8) is 0 Å². The Balaban J connectivity index is 2.18. The van der Waals surface area contributed by atoms with Gasteiger partial charge in [-0.15, -0.1) is 0 Å². The molecule has 96 valence electrons. The van der Waals surface area contributed by atoms with E-state index in [0.717, 1.165) is 11.9 Å². The number of H-pyrrole nitrogens is 1. The van der Waals surface area contributed by atoms with Gasteiger partial charge in [-0.3, -0.25) is 0 Å². The molecule has 3 nitrogen and oxygen atoms in total. The van der Waals surface area contributed by atoms with Crippen molar-refractivity contribution in [1.82, 2.24) is 15.3 Å². The number of nitrogens with zero attached hydrogens (tertiary/aromatic N) is 1. The highest BCUT2D eigenvalue weighted by atomic mass is 19.1. The van der Waals surface area contributed by atoms with E-state index in [2.05, 4.69) is 15.3 Å². The van der Waals surface area contributed by atoms with Gasteiger partial charge in [-0.05, 0) is 12.1 Å². The van der Waals surface area contributed by atoms with Crippen LogP contribution in [0.15, 0.2) is 24.4 Å². The Kier molecular flexibility index (Phi) is 3.72. The second kappa shape index (κ2) is 5.27. The van der Waals surface area contributed by atoms with E-state index in [9.17, 15) is 8.78 Å². The summed E-state index contributed by atoms with van der Waals surface area (Å²) in [6.07, 6.45) is 1.57. The van der Waals surface area contributed by atoms with Crippen molar-refractivity contribution in [3.8, 4) is 11.3 Å². The van der Waals surface area contributed by atoms with Gasteiger partial charge in [0, 0.05) is 17.7 Å². The molecule has 0 saturated carbocycles. The van der Waals surface area contributed by atoms with Crippen molar-refractivity contribution < 1.29 is 8.78 Å². The van der Waals surface area contributed by atoms with E-state index in [4.69, 9.17) is 0 Å². The second-order valence-corrected chi connectivity index (χ2v) is 4.44. The van der Waals surface area contributed by atoms with E-state index in [0.29, 0.717) is 23.8 Å². The molecule has 5 heteroatoms. The standard InChI is InChI=1S/C13H15F2N3/c1-8(2)16-7-13-17-6-12(18-13)9-3-10(14)5-11(15)4-9/h3-6,8,16H,7H2,1-2H3,(H,17,18). The van der Waals surface area contributed by atoms with E-state index >= 15 is 0 Å². The van der Waals surface area contributed by atoms with Gasteiger partial charge in [-0.1, -0.05) is 13.8 Å². The summed E-state index contributed by atoms with van der Waals surface area (Å²) in [6.45, 7) is 4.66. The predicted octanol–water partition coefficient (Wildman–Crippen LogP) is 2.85. The largest absolute Gasteiger partial charge is 0.341 e. The Morgan fingerprint density at radius 3 is 2.50 bits per heavy atom.